The predicted molar refractivity (Wildman–Crippen MR) is 83.0 cm³/mol. The van der Waals surface area contributed by atoms with Gasteiger partial charge in [0.2, 0.25) is 0 Å². The molecular weight excluding hydrogens is 338 g/mol. The standard InChI is InChI=1S/C16H17BrF2N2/c1-2-5-21-16(12-8-13(18)10-20-9-12)7-11-3-4-15(19)14(17)6-11/h3-4,6,8-10,16,21H,2,5,7H2,1H3. The molecule has 0 amide bonds. The van der Waals surface area contributed by atoms with Crippen LogP contribution >= 0.6 is 15.9 Å². The summed E-state index contributed by atoms with van der Waals surface area (Å²) in [7, 11) is 0. The summed E-state index contributed by atoms with van der Waals surface area (Å²) in [6.07, 6.45) is 4.47. The van der Waals surface area contributed by atoms with Crippen LogP contribution in [0.4, 0.5) is 8.78 Å². The van der Waals surface area contributed by atoms with Gasteiger partial charge in [0.1, 0.15) is 11.6 Å². The lowest BCUT2D eigenvalue weighted by Gasteiger charge is -2.19. The molecule has 2 aromatic rings. The van der Waals surface area contributed by atoms with Gasteiger partial charge in [0.05, 0.1) is 10.7 Å². The Morgan fingerprint density at radius 3 is 2.71 bits per heavy atom. The molecule has 1 aromatic carbocycles. The van der Waals surface area contributed by atoms with E-state index in [4.69, 9.17) is 0 Å². The van der Waals surface area contributed by atoms with Crippen molar-refractivity contribution in [1.82, 2.24) is 10.3 Å². The van der Waals surface area contributed by atoms with Gasteiger partial charge in [0.15, 0.2) is 0 Å². The van der Waals surface area contributed by atoms with Crippen molar-refractivity contribution in [3.05, 3.63) is 63.9 Å². The van der Waals surface area contributed by atoms with Gasteiger partial charge in [-0.2, -0.15) is 0 Å². The van der Waals surface area contributed by atoms with Gasteiger partial charge in [-0.05, 0) is 64.6 Å². The molecule has 2 nitrogen and oxygen atoms in total. The highest BCUT2D eigenvalue weighted by atomic mass is 79.9. The zero-order valence-electron chi connectivity index (χ0n) is 11.7. The van der Waals surface area contributed by atoms with E-state index >= 15 is 0 Å². The summed E-state index contributed by atoms with van der Waals surface area (Å²) in [5.74, 6) is -0.639. The van der Waals surface area contributed by atoms with Crippen LogP contribution in [-0.4, -0.2) is 11.5 Å². The molecule has 0 aliphatic heterocycles. The molecule has 0 saturated carbocycles. The van der Waals surface area contributed by atoms with Crippen LogP contribution in [0.3, 0.4) is 0 Å². The van der Waals surface area contributed by atoms with Crippen LogP contribution in [-0.2, 0) is 6.42 Å². The van der Waals surface area contributed by atoms with Crippen molar-refractivity contribution in [3.63, 3.8) is 0 Å². The molecule has 0 aliphatic carbocycles. The Bertz CT molecular complexity index is 605. The third kappa shape index (κ3) is 4.58. The van der Waals surface area contributed by atoms with Gasteiger partial charge in [-0.3, -0.25) is 4.98 Å². The molecule has 1 heterocycles. The van der Waals surface area contributed by atoms with Crippen LogP contribution in [0, 0.1) is 11.6 Å². The molecule has 112 valence electrons. The summed E-state index contributed by atoms with van der Waals surface area (Å²) in [5, 5.41) is 3.38. The number of halogens is 3. The molecule has 1 unspecified atom stereocenters. The Balaban J connectivity index is 2.21. The second-order valence-corrected chi connectivity index (χ2v) is 5.75. The van der Waals surface area contributed by atoms with Crippen LogP contribution in [0.2, 0.25) is 0 Å². The smallest absolute Gasteiger partial charge is 0.141 e. The second kappa shape index (κ2) is 7.61. The van der Waals surface area contributed by atoms with E-state index in [1.54, 1.807) is 18.3 Å². The van der Waals surface area contributed by atoms with E-state index < -0.39 is 0 Å². The van der Waals surface area contributed by atoms with E-state index in [9.17, 15) is 8.78 Å². The number of hydrogen-bond acceptors (Lipinski definition) is 2. The molecule has 1 N–H and O–H groups in total. The number of pyridine rings is 1. The Labute approximate surface area is 131 Å². The third-order valence-electron chi connectivity index (χ3n) is 3.19. The first-order valence-corrected chi connectivity index (χ1v) is 7.67. The van der Waals surface area contributed by atoms with Crippen molar-refractivity contribution < 1.29 is 8.78 Å². The summed E-state index contributed by atoms with van der Waals surface area (Å²) in [6.45, 7) is 2.89. The minimum atomic E-state index is -0.351. The first-order valence-electron chi connectivity index (χ1n) is 6.88. The minimum Gasteiger partial charge on any atom is -0.310 e. The quantitative estimate of drug-likeness (QED) is 0.831. The zero-order valence-corrected chi connectivity index (χ0v) is 13.3. The molecule has 0 saturated heterocycles. The molecule has 1 aromatic heterocycles. The highest BCUT2D eigenvalue weighted by Gasteiger charge is 2.13. The van der Waals surface area contributed by atoms with Crippen LogP contribution in [0.25, 0.3) is 0 Å². The fourth-order valence-electron chi connectivity index (χ4n) is 2.15. The molecule has 0 fully saturated rings. The third-order valence-corrected chi connectivity index (χ3v) is 3.80. The van der Waals surface area contributed by atoms with E-state index in [2.05, 4.69) is 33.2 Å². The van der Waals surface area contributed by atoms with Crippen molar-refractivity contribution in [1.29, 1.82) is 0 Å². The molecule has 0 aliphatic rings. The van der Waals surface area contributed by atoms with Crippen LogP contribution in [0.5, 0.6) is 0 Å². The fourth-order valence-corrected chi connectivity index (χ4v) is 2.57. The van der Waals surface area contributed by atoms with E-state index in [0.29, 0.717) is 10.9 Å². The second-order valence-electron chi connectivity index (χ2n) is 4.90. The molecule has 2 rings (SSSR count). The lowest BCUT2D eigenvalue weighted by atomic mass is 10.00. The molecule has 1 atom stereocenters. The van der Waals surface area contributed by atoms with Crippen molar-refractivity contribution in [2.24, 2.45) is 0 Å². The van der Waals surface area contributed by atoms with E-state index in [1.165, 1.54) is 18.3 Å². The summed E-state index contributed by atoms with van der Waals surface area (Å²) in [6, 6.07) is 6.36. The molecule has 5 heteroatoms. The van der Waals surface area contributed by atoms with E-state index in [1.807, 2.05) is 0 Å². The maximum absolute atomic E-state index is 13.4. The molecular formula is C16H17BrF2N2. The normalized spacial score (nSPS) is 12.4. The molecule has 0 spiro atoms. The summed E-state index contributed by atoms with van der Waals surface area (Å²) in [5.41, 5.74) is 1.77. The van der Waals surface area contributed by atoms with Gasteiger partial charge < -0.3 is 5.32 Å². The number of nitrogens with one attached hydrogen (secondary N) is 1. The topological polar surface area (TPSA) is 24.9 Å². The lowest BCUT2D eigenvalue weighted by Crippen LogP contribution is -2.24. The van der Waals surface area contributed by atoms with Crippen LogP contribution < -0.4 is 5.32 Å². The van der Waals surface area contributed by atoms with Crippen molar-refractivity contribution in [3.8, 4) is 0 Å². The van der Waals surface area contributed by atoms with Gasteiger partial charge >= 0.3 is 0 Å². The van der Waals surface area contributed by atoms with Crippen molar-refractivity contribution in [2.75, 3.05) is 6.54 Å². The first-order chi connectivity index (χ1) is 10.1. The number of benzene rings is 1. The molecule has 0 bridgehead atoms. The average molecular weight is 355 g/mol. The highest BCUT2D eigenvalue weighted by molar-refractivity contribution is 9.10. The van der Waals surface area contributed by atoms with Crippen LogP contribution in [0.1, 0.15) is 30.5 Å². The minimum absolute atomic E-state index is 0.0505. The summed E-state index contributed by atoms with van der Waals surface area (Å²) >= 11 is 3.19. The Morgan fingerprint density at radius 1 is 1.24 bits per heavy atom. The largest absolute Gasteiger partial charge is 0.310 e. The number of rotatable bonds is 6. The van der Waals surface area contributed by atoms with Crippen LogP contribution in [0.15, 0.2) is 41.1 Å². The Hall–Kier alpha value is -1.33. The number of hydrogen-bond donors (Lipinski definition) is 1. The zero-order chi connectivity index (χ0) is 15.2. The lowest BCUT2D eigenvalue weighted by molar-refractivity contribution is 0.521. The fraction of sp³-hybridized carbons (Fsp3) is 0.312. The van der Waals surface area contributed by atoms with E-state index in [-0.39, 0.29) is 17.7 Å². The Kier molecular flexibility index (Phi) is 5.82. The summed E-state index contributed by atoms with van der Waals surface area (Å²) < 4.78 is 27.1. The van der Waals surface area contributed by atoms with Crippen molar-refractivity contribution in [2.45, 2.75) is 25.8 Å². The predicted octanol–water partition coefficient (Wildman–Crippen LogP) is 4.41. The monoisotopic (exact) mass is 354 g/mol. The van der Waals surface area contributed by atoms with Gasteiger partial charge in [-0.15, -0.1) is 0 Å². The Morgan fingerprint density at radius 2 is 2.05 bits per heavy atom. The summed E-state index contributed by atoms with van der Waals surface area (Å²) in [4.78, 5) is 3.90. The molecule has 0 radical (unpaired) electrons. The molecule has 21 heavy (non-hydrogen) atoms. The van der Waals surface area contributed by atoms with Gasteiger partial charge in [0, 0.05) is 12.2 Å². The maximum Gasteiger partial charge on any atom is 0.141 e. The van der Waals surface area contributed by atoms with Gasteiger partial charge in [-0.1, -0.05) is 13.0 Å². The SMILES string of the molecule is CCCNC(Cc1ccc(F)c(Br)c1)c1cncc(F)c1. The number of nitrogens with zero attached hydrogens (tertiary/aromatic N) is 1. The first kappa shape index (κ1) is 16.0. The highest BCUT2D eigenvalue weighted by Crippen LogP contribution is 2.22. The average Bonchev–Trinajstić information content (AvgIpc) is 2.47. The maximum atomic E-state index is 13.4. The van der Waals surface area contributed by atoms with Gasteiger partial charge in [-0.25, -0.2) is 8.78 Å². The van der Waals surface area contributed by atoms with Crippen molar-refractivity contribution >= 4 is 15.9 Å². The van der Waals surface area contributed by atoms with Gasteiger partial charge in [0.25, 0.3) is 0 Å². The number of aromatic nitrogens is 1. The van der Waals surface area contributed by atoms with E-state index in [0.717, 1.165) is 24.1 Å².